The molecule has 2 saturated heterocycles. The summed E-state index contributed by atoms with van der Waals surface area (Å²) in [6.45, 7) is 2.11. The van der Waals surface area contributed by atoms with Gasteiger partial charge in [-0.05, 0) is 25.8 Å². The lowest BCUT2D eigenvalue weighted by Crippen LogP contribution is -2.37. The van der Waals surface area contributed by atoms with Gasteiger partial charge in [0, 0.05) is 6.61 Å². The van der Waals surface area contributed by atoms with Crippen molar-refractivity contribution in [1.29, 1.82) is 0 Å². The summed E-state index contributed by atoms with van der Waals surface area (Å²) in [7, 11) is 0. The summed E-state index contributed by atoms with van der Waals surface area (Å²) < 4.78 is 6.29. The highest BCUT2D eigenvalue weighted by Crippen LogP contribution is 2.38. The number of ether oxygens (including phenoxy) is 1. The van der Waals surface area contributed by atoms with Crippen LogP contribution in [0.25, 0.3) is 0 Å². The van der Waals surface area contributed by atoms with E-state index in [0.717, 1.165) is 13.2 Å². The minimum atomic E-state index is 0.223. The zero-order valence-electron chi connectivity index (χ0n) is 5.90. The summed E-state index contributed by atoms with van der Waals surface area (Å²) >= 11 is 2.45. The second-order valence-electron chi connectivity index (χ2n) is 3.08. The van der Waals surface area contributed by atoms with E-state index in [1.807, 2.05) is 0 Å². The van der Waals surface area contributed by atoms with E-state index in [-0.39, 0.29) is 5.60 Å². The number of hydrogen-bond donors (Lipinski definition) is 1. The van der Waals surface area contributed by atoms with Crippen molar-refractivity contribution < 1.29 is 4.74 Å². The van der Waals surface area contributed by atoms with Gasteiger partial charge in [0.05, 0.1) is 9.65 Å². The SMILES string of the molecule is IC1NCCC12CCCO2. The highest BCUT2D eigenvalue weighted by molar-refractivity contribution is 14.1. The lowest BCUT2D eigenvalue weighted by molar-refractivity contribution is 0.0175. The van der Waals surface area contributed by atoms with E-state index in [1.165, 1.54) is 19.3 Å². The van der Waals surface area contributed by atoms with E-state index in [0.29, 0.717) is 4.05 Å². The molecule has 1 spiro atoms. The van der Waals surface area contributed by atoms with Crippen molar-refractivity contribution in [3.63, 3.8) is 0 Å². The predicted octanol–water partition coefficient (Wildman–Crippen LogP) is 1.29. The Labute approximate surface area is 74.8 Å². The average molecular weight is 253 g/mol. The van der Waals surface area contributed by atoms with E-state index in [9.17, 15) is 0 Å². The lowest BCUT2D eigenvalue weighted by atomic mass is 10.00. The first-order chi connectivity index (χ1) is 4.83. The zero-order valence-corrected chi connectivity index (χ0v) is 8.06. The Morgan fingerprint density at radius 1 is 1.50 bits per heavy atom. The fourth-order valence-electron chi connectivity index (χ4n) is 1.84. The van der Waals surface area contributed by atoms with Crippen molar-refractivity contribution in [1.82, 2.24) is 5.32 Å². The van der Waals surface area contributed by atoms with Crippen molar-refractivity contribution in [2.24, 2.45) is 0 Å². The van der Waals surface area contributed by atoms with Crippen LogP contribution >= 0.6 is 22.6 Å². The molecule has 2 heterocycles. The van der Waals surface area contributed by atoms with Crippen LogP contribution in [-0.4, -0.2) is 22.8 Å². The number of halogens is 1. The molecule has 0 saturated carbocycles. The monoisotopic (exact) mass is 253 g/mol. The van der Waals surface area contributed by atoms with Crippen molar-refractivity contribution >= 4 is 22.6 Å². The summed E-state index contributed by atoms with van der Waals surface area (Å²) in [5.74, 6) is 0. The van der Waals surface area contributed by atoms with E-state index >= 15 is 0 Å². The normalized spacial score (nSPS) is 47.1. The van der Waals surface area contributed by atoms with Gasteiger partial charge in [0.15, 0.2) is 0 Å². The van der Waals surface area contributed by atoms with Crippen LogP contribution in [0.15, 0.2) is 0 Å². The molecule has 2 aliphatic rings. The molecule has 0 aliphatic carbocycles. The van der Waals surface area contributed by atoms with Gasteiger partial charge in [0.25, 0.3) is 0 Å². The maximum atomic E-state index is 5.74. The number of alkyl halides is 1. The predicted molar refractivity (Wildman–Crippen MR) is 48.3 cm³/mol. The summed E-state index contributed by atoms with van der Waals surface area (Å²) in [6, 6.07) is 0. The van der Waals surface area contributed by atoms with E-state index in [1.54, 1.807) is 0 Å². The molecule has 0 radical (unpaired) electrons. The zero-order chi connectivity index (χ0) is 7.03. The fourth-order valence-corrected chi connectivity index (χ4v) is 2.95. The van der Waals surface area contributed by atoms with Crippen LogP contribution in [0, 0.1) is 0 Å². The minimum absolute atomic E-state index is 0.223. The smallest absolute Gasteiger partial charge is 0.0939 e. The van der Waals surface area contributed by atoms with Gasteiger partial charge in [-0.3, -0.25) is 0 Å². The third-order valence-corrected chi connectivity index (χ3v) is 4.04. The van der Waals surface area contributed by atoms with Crippen LogP contribution in [-0.2, 0) is 4.74 Å². The third kappa shape index (κ3) is 0.987. The van der Waals surface area contributed by atoms with Crippen LogP contribution in [0.5, 0.6) is 0 Å². The Hall–Kier alpha value is 0.650. The fraction of sp³-hybridized carbons (Fsp3) is 1.00. The summed E-state index contributed by atoms with van der Waals surface area (Å²) in [5.41, 5.74) is 0.223. The van der Waals surface area contributed by atoms with Gasteiger partial charge in [-0.1, -0.05) is 22.6 Å². The van der Waals surface area contributed by atoms with Crippen LogP contribution in [0.1, 0.15) is 19.3 Å². The highest BCUT2D eigenvalue weighted by Gasteiger charge is 2.44. The minimum Gasteiger partial charge on any atom is -0.372 e. The Balaban J connectivity index is 2.11. The summed E-state index contributed by atoms with van der Waals surface area (Å²) in [5, 5.41) is 3.41. The summed E-state index contributed by atoms with van der Waals surface area (Å²) in [4.78, 5) is 0. The van der Waals surface area contributed by atoms with Gasteiger partial charge in [-0.15, -0.1) is 0 Å². The molecule has 2 aliphatic heterocycles. The van der Waals surface area contributed by atoms with Crippen molar-refractivity contribution in [3.05, 3.63) is 0 Å². The molecule has 2 atom stereocenters. The molecule has 0 aromatic heterocycles. The molecule has 0 bridgehead atoms. The van der Waals surface area contributed by atoms with Crippen LogP contribution in [0.4, 0.5) is 0 Å². The van der Waals surface area contributed by atoms with Crippen molar-refractivity contribution in [2.75, 3.05) is 13.2 Å². The van der Waals surface area contributed by atoms with Crippen LogP contribution < -0.4 is 5.32 Å². The molecule has 2 nitrogen and oxygen atoms in total. The van der Waals surface area contributed by atoms with Crippen molar-refractivity contribution in [2.45, 2.75) is 28.9 Å². The lowest BCUT2D eigenvalue weighted by Gasteiger charge is -2.25. The van der Waals surface area contributed by atoms with Gasteiger partial charge in [-0.25, -0.2) is 0 Å². The van der Waals surface area contributed by atoms with Crippen molar-refractivity contribution in [3.8, 4) is 0 Å². The third-order valence-electron chi connectivity index (χ3n) is 2.47. The van der Waals surface area contributed by atoms with Gasteiger partial charge in [-0.2, -0.15) is 0 Å². The number of rotatable bonds is 0. The molecule has 1 N–H and O–H groups in total. The molecule has 0 aromatic carbocycles. The molecule has 10 heavy (non-hydrogen) atoms. The van der Waals surface area contributed by atoms with Gasteiger partial charge >= 0.3 is 0 Å². The van der Waals surface area contributed by atoms with Crippen LogP contribution in [0.3, 0.4) is 0 Å². The largest absolute Gasteiger partial charge is 0.372 e. The highest BCUT2D eigenvalue weighted by atomic mass is 127. The standard InChI is InChI=1S/C7H12INO/c8-6-7(3-4-9-6)2-1-5-10-7/h6,9H,1-5H2. The molecular formula is C7H12INO. The molecule has 3 heteroatoms. The Morgan fingerprint density at radius 3 is 2.90 bits per heavy atom. The number of nitrogens with one attached hydrogen (secondary N) is 1. The second kappa shape index (κ2) is 2.60. The first-order valence-corrected chi connectivity index (χ1v) is 5.09. The second-order valence-corrected chi connectivity index (χ2v) is 4.33. The van der Waals surface area contributed by atoms with E-state index in [2.05, 4.69) is 27.9 Å². The van der Waals surface area contributed by atoms with Gasteiger partial charge in [0.1, 0.15) is 0 Å². The maximum Gasteiger partial charge on any atom is 0.0939 e. The molecule has 0 aromatic rings. The molecule has 2 fully saturated rings. The molecule has 2 rings (SSSR count). The summed E-state index contributed by atoms with van der Waals surface area (Å²) in [6.07, 6.45) is 3.72. The van der Waals surface area contributed by atoms with E-state index < -0.39 is 0 Å². The first-order valence-electron chi connectivity index (χ1n) is 3.85. The maximum absolute atomic E-state index is 5.74. The molecule has 2 unspecified atom stereocenters. The van der Waals surface area contributed by atoms with Gasteiger partial charge < -0.3 is 10.1 Å². The number of hydrogen-bond acceptors (Lipinski definition) is 2. The molecular weight excluding hydrogens is 241 g/mol. The van der Waals surface area contributed by atoms with Gasteiger partial charge in [0.2, 0.25) is 0 Å². The van der Waals surface area contributed by atoms with E-state index in [4.69, 9.17) is 4.74 Å². The Morgan fingerprint density at radius 2 is 2.40 bits per heavy atom. The first kappa shape index (κ1) is 7.31. The van der Waals surface area contributed by atoms with Crippen LogP contribution in [0.2, 0.25) is 0 Å². The quantitative estimate of drug-likeness (QED) is 0.399. The Bertz CT molecular complexity index is 128. The Kier molecular flexibility index (Phi) is 1.90. The molecule has 0 amide bonds. The molecule has 58 valence electrons. The topological polar surface area (TPSA) is 21.3 Å². The average Bonchev–Trinajstić information content (AvgIpc) is 2.48.